The largest absolute Gasteiger partial charge is 0.405 e. The van der Waals surface area contributed by atoms with Crippen LogP contribution in [-0.2, 0) is 9.59 Å². The second-order valence-electron chi connectivity index (χ2n) is 3.08. The fourth-order valence-electron chi connectivity index (χ4n) is 0.659. The number of nitrogens with one attached hydrogen (secondary N) is 1. The molecule has 0 aromatic heterocycles. The lowest BCUT2D eigenvalue weighted by molar-refractivity contribution is -0.136. The predicted octanol–water partition coefficient (Wildman–Crippen LogP) is 0.381. The quantitative estimate of drug-likeness (QED) is 0.710. The highest BCUT2D eigenvalue weighted by molar-refractivity contribution is 5.85. The molecule has 4 nitrogen and oxygen atoms in total. The van der Waals surface area contributed by atoms with Gasteiger partial charge in [-0.25, -0.2) is 0 Å². The van der Waals surface area contributed by atoms with E-state index in [0.717, 1.165) is 6.42 Å². The topological polar surface area (TPSA) is 72.2 Å². The first-order chi connectivity index (χ1) is 6.72. The molecule has 1 radical (unpaired) electrons. The van der Waals surface area contributed by atoms with E-state index in [-0.39, 0.29) is 6.42 Å². The number of carbonyl (C=O) groups is 2. The fraction of sp³-hybridized carbons (Fsp3) is 0.625. The molecule has 0 fully saturated rings. The summed E-state index contributed by atoms with van der Waals surface area (Å²) >= 11 is 0. The van der Waals surface area contributed by atoms with E-state index in [0.29, 0.717) is 0 Å². The van der Waals surface area contributed by atoms with Crippen LogP contribution in [0.1, 0.15) is 13.3 Å². The highest BCUT2D eigenvalue weighted by Crippen LogP contribution is 2.12. The van der Waals surface area contributed by atoms with Crippen molar-refractivity contribution in [1.82, 2.24) is 5.32 Å². The van der Waals surface area contributed by atoms with Gasteiger partial charge in [-0.3, -0.25) is 9.59 Å². The van der Waals surface area contributed by atoms with Crippen LogP contribution in [0.25, 0.3) is 0 Å². The number of halogens is 3. The Kier molecular flexibility index (Phi) is 5.10. The summed E-state index contributed by atoms with van der Waals surface area (Å²) in [6.07, 6.45) is -3.43. The summed E-state index contributed by atoms with van der Waals surface area (Å²) in [4.78, 5) is 21.3. The van der Waals surface area contributed by atoms with Crippen molar-refractivity contribution in [3.63, 3.8) is 0 Å². The van der Waals surface area contributed by atoms with Crippen LogP contribution >= 0.6 is 0 Å². The van der Waals surface area contributed by atoms with Gasteiger partial charge in [0.15, 0.2) is 0 Å². The van der Waals surface area contributed by atoms with Gasteiger partial charge in [0, 0.05) is 5.92 Å². The zero-order valence-electron chi connectivity index (χ0n) is 8.10. The molecule has 1 atom stereocenters. The van der Waals surface area contributed by atoms with Crippen LogP contribution in [0.5, 0.6) is 0 Å². The van der Waals surface area contributed by atoms with Crippen molar-refractivity contribution in [1.29, 1.82) is 0 Å². The molecule has 2 amide bonds. The number of primary amides is 1. The smallest absolute Gasteiger partial charge is 0.369 e. The van der Waals surface area contributed by atoms with Gasteiger partial charge >= 0.3 is 6.18 Å². The van der Waals surface area contributed by atoms with Crippen molar-refractivity contribution in [2.24, 2.45) is 11.7 Å². The Balaban J connectivity index is 3.72. The lowest BCUT2D eigenvalue weighted by Crippen LogP contribution is -2.34. The van der Waals surface area contributed by atoms with E-state index in [1.807, 2.05) is 0 Å². The van der Waals surface area contributed by atoms with Gasteiger partial charge in [0.05, 0.1) is 6.42 Å². The van der Waals surface area contributed by atoms with Crippen molar-refractivity contribution in [2.45, 2.75) is 19.5 Å². The summed E-state index contributed by atoms with van der Waals surface area (Å²) in [7, 11) is 0. The van der Waals surface area contributed by atoms with Crippen LogP contribution in [0.15, 0.2) is 0 Å². The molecule has 0 aromatic carbocycles. The molecule has 0 saturated carbocycles. The van der Waals surface area contributed by atoms with Crippen LogP contribution in [0.2, 0.25) is 0 Å². The van der Waals surface area contributed by atoms with Gasteiger partial charge in [-0.2, -0.15) is 13.2 Å². The van der Waals surface area contributed by atoms with Crippen molar-refractivity contribution in [2.75, 3.05) is 6.54 Å². The number of carbonyl (C=O) groups excluding carboxylic acids is 2. The van der Waals surface area contributed by atoms with Gasteiger partial charge in [-0.05, 0) is 6.42 Å². The Morgan fingerprint density at radius 3 is 2.40 bits per heavy atom. The number of amides is 2. The minimum Gasteiger partial charge on any atom is -0.369 e. The summed E-state index contributed by atoms with van der Waals surface area (Å²) < 4.78 is 34.9. The molecular weight excluding hydrogens is 213 g/mol. The molecule has 87 valence electrons. The Bertz CT molecular complexity index is 241. The van der Waals surface area contributed by atoms with E-state index in [4.69, 9.17) is 5.73 Å². The van der Waals surface area contributed by atoms with Crippen molar-refractivity contribution < 1.29 is 22.8 Å². The molecule has 7 heteroatoms. The minimum atomic E-state index is -4.43. The average molecular weight is 225 g/mol. The summed E-state index contributed by atoms with van der Waals surface area (Å²) in [5, 5.41) is 1.65. The highest BCUT2D eigenvalue weighted by Gasteiger charge is 2.27. The molecule has 3 N–H and O–H groups in total. The van der Waals surface area contributed by atoms with Gasteiger partial charge in [-0.1, -0.05) is 6.92 Å². The summed E-state index contributed by atoms with van der Waals surface area (Å²) in [5.74, 6) is -2.03. The van der Waals surface area contributed by atoms with E-state index < -0.39 is 30.5 Å². The molecule has 0 heterocycles. The van der Waals surface area contributed by atoms with Gasteiger partial charge in [-0.15, -0.1) is 0 Å². The van der Waals surface area contributed by atoms with Gasteiger partial charge in [0.2, 0.25) is 11.8 Å². The van der Waals surface area contributed by atoms with E-state index in [1.54, 1.807) is 5.32 Å². The number of hydrogen-bond acceptors (Lipinski definition) is 2. The minimum absolute atomic E-state index is 0.0268. The van der Waals surface area contributed by atoms with Crippen molar-refractivity contribution >= 4 is 11.8 Å². The lowest BCUT2D eigenvalue weighted by Gasteiger charge is -2.09. The first-order valence-corrected chi connectivity index (χ1v) is 4.19. The molecular formula is C8H12F3N2O2. The van der Waals surface area contributed by atoms with Crippen molar-refractivity contribution in [3.8, 4) is 0 Å². The zero-order valence-corrected chi connectivity index (χ0v) is 8.10. The van der Waals surface area contributed by atoms with E-state index in [9.17, 15) is 22.8 Å². The Morgan fingerprint density at radius 2 is 2.00 bits per heavy atom. The van der Waals surface area contributed by atoms with E-state index in [2.05, 4.69) is 0 Å². The molecule has 0 bridgehead atoms. The molecule has 0 aliphatic heterocycles. The second kappa shape index (κ2) is 5.57. The number of alkyl halides is 3. The third-order valence-corrected chi connectivity index (χ3v) is 1.61. The lowest BCUT2D eigenvalue weighted by atomic mass is 10.1. The molecule has 0 unspecified atom stereocenters. The molecule has 0 rings (SSSR count). The normalized spacial score (nSPS) is 13.3. The van der Waals surface area contributed by atoms with Gasteiger partial charge in [0.1, 0.15) is 6.54 Å². The standard InChI is InChI=1S/C8H12F3N2O2/c1-5(7(12)15)2-3-6(14)13-4-8(9,10)11/h3,5H,2,4H2,1H3,(H2,12,15)(H,13,14)/t5-/m0/s1. The number of rotatable bonds is 5. The molecule has 0 spiro atoms. The molecule has 0 aliphatic carbocycles. The monoisotopic (exact) mass is 225 g/mol. The average Bonchev–Trinajstić information content (AvgIpc) is 2.09. The first-order valence-electron chi connectivity index (χ1n) is 4.19. The molecule has 15 heavy (non-hydrogen) atoms. The van der Waals surface area contributed by atoms with Crippen LogP contribution in [0.4, 0.5) is 13.2 Å². The van der Waals surface area contributed by atoms with E-state index >= 15 is 0 Å². The Hall–Kier alpha value is -1.27. The van der Waals surface area contributed by atoms with Crippen LogP contribution in [0.3, 0.4) is 0 Å². The number of nitrogens with two attached hydrogens (primary N) is 1. The highest BCUT2D eigenvalue weighted by atomic mass is 19.4. The first kappa shape index (κ1) is 13.7. The summed E-state index contributed by atoms with van der Waals surface area (Å²) in [6, 6.07) is 0. The zero-order chi connectivity index (χ0) is 12.1. The maximum atomic E-state index is 11.6. The van der Waals surface area contributed by atoms with E-state index in [1.165, 1.54) is 6.92 Å². The van der Waals surface area contributed by atoms with Crippen LogP contribution in [0, 0.1) is 12.3 Å². The van der Waals surface area contributed by atoms with Crippen molar-refractivity contribution in [3.05, 3.63) is 6.42 Å². The second-order valence-corrected chi connectivity index (χ2v) is 3.08. The predicted molar refractivity (Wildman–Crippen MR) is 46.3 cm³/mol. The number of hydrogen-bond donors (Lipinski definition) is 2. The summed E-state index contributed by atoms with van der Waals surface area (Å²) in [5.41, 5.74) is 4.89. The maximum absolute atomic E-state index is 11.6. The van der Waals surface area contributed by atoms with Gasteiger partial charge < -0.3 is 11.1 Å². The van der Waals surface area contributed by atoms with Crippen LogP contribution in [-0.4, -0.2) is 24.5 Å². The summed E-state index contributed by atoms with van der Waals surface area (Å²) in [6.45, 7) is 0.100. The maximum Gasteiger partial charge on any atom is 0.405 e. The van der Waals surface area contributed by atoms with Crippen LogP contribution < -0.4 is 11.1 Å². The Morgan fingerprint density at radius 1 is 1.47 bits per heavy atom. The Labute approximate surface area is 85.0 Å². The fourth-order valence-corrected chi connectivity index (χ4v) is 0.659. The van der Waals surface area contributed by atoms with Gasteiger partial charge in [0.25, 0.3) is 0 Å². The molecule has 0 aliphatic rings. The molecule has 0 aromatic rings. The third kappa shape index (κ3) is 7.77. The third-order valence-electron chi connectivity index (χ3n) is 1.61. The SMILES string of the molecule is C[C@@H](C[CH]C(=O)NCC(F)(F)F)C(N)=O. The molecule has 0 saturated heterocycles.